The number of thiophene rings is 1. The van der Waals surface area contributed by atoms with E-state index in [1.165, 1.54) is 22.2 Å². The summed E-state index contributed by atoms with van der Waals surface area (Å²) in [5, 5.41) is 5.85. The number of rotatable bonds is 5. The van der Waals surface area contributed by atoms with Crippen LogP contribution in [0.15, 0.2) is 47.1 Å². The molecule has 0 aliphatic heterocycles. The number of fused-ring (bicyclic) bond motifs is 2. The van der Waals surface area contributed by atoms with E-state index in [0.29, 0.717) is 21.8 Å². The summed E-state index contributed by atoms with van der Waals surface area (Å²) in [5.74, 6) is -0.155. The summed E-state index contributed by atoms with van der Waals surface area (Å²) >= 11 is 7.37. The van der Waals surface area contributed by atoms with Crippen LogP contribution in [0, 0.1) is 0 Å². The van der Waals surface area contributed by atoms with Gasteiger partial charge >= 0.3 is 0 Å². The molecule has 0 unspecified atom stereocenters. The molecule has 1 amide bonds. The molecule has 4 rings (SSSR count). The number of imidazole rings is 1. The third kappa shape index (κ3) is 3.33. The topological polar surface area (TPSA) is 81.3 Å². The minimum Gasteiger partial charge on any atom is -0.350 e. The summed E-state index contributed by atoms with van der Waals surface area (Å²) in [5.41, 5.74) is 1.38. The average Bonchev–Trinajstić information content (AvgIpc) is 3.25. The van der Waals surface area contributed by atoms with E-state index < -0.39 is 0 Å². The maximum atomic E-state index is 12.3. The van der Waals surface area contributed by atoms with Crippen LogP contribution in [-0.2, 0) is 17.9 Å². The first-order valence-electron chi connectivity index (χ1n) is 7.92. The molecule has 0 saturated heterocycles. The molecular weight excluding hydrogens is 374 g/mol. The van der Waals surface area contributed by atoms with E-state index in [1.807, 2.05) is 22.0 Å². The fraction of sp³-hybridized carbons (Fsp3) is 0.176. The molecule has 0 saturated carbocycles. The molecule has 0 aliphatic rings. The van der Waals surface area contributed by atoms with Crippen LogP contribution in [0.2, 0.25) is 5.02 Å². The van der Waals surface area contributed by atoms with Gasteiger partial charge in [-0.3, -0.25) is 14.2 Å². The highest BCUT2D eigenvalue weighted by Gasteiger charge is 2.08. The highest BCUT2D eigenvalue weighted by Crippen LogP contribution is 2.13. The van der Waals surface area contributed by atoms with Crippen molar-refractivity contribution in [3.05, 3.63) is 63.4 Å². The Balaban J connectivity index is 1.37. The Kier molecular flexibility index (Phi) is 4.44. The van der Waals surface area contributed by atoms with Crippen LogP contribution in [0.1, 0.15) is 12.1 Å². The van der Waals surface area contributed by atoms with Gasteiger partial charge in [-0.15, -0.1) is 11.3 Å². The number of hydrogen-bond acceptors (Lipinski definition) is 5. The second kappa shape index (κ2) is 6.89. The van der Waals surface area contributed by atoms with Crippen LogP contribution in [0.3, 0.4) is 0 Å². The molecule has 7 nitrogen and oxygen atoms in total. The molecule has 26 heavy (non-hydrogen) atoms. The number of amides is 1. The summed E-state index contributed by atoms with van der Waals surface area (Å²) in [6.45, 7) is 0.596. The lowest BCUT2D eigenvalue weighted by Gasteiger charge is -2.06. The van der Waals surface area contributed by atoms with Crippen LogP contribution in [0.5, 0.6) is 0 Å². The van der Waals surface area contributed by atoms with Gasteiger partial charge in [0.1, 0.15) is 10.5 Å². The van der Waals surface area contributed by atoms with Gasteiger partial charge in [-0.2, -0.15) is 0 Å². The highest BCUT2D eigenvalue weighted by molar-refractivity contribution is 7.16. The van der Waals surface area contributed by atoms with Crippen molar-refractivity contribution in [2.45, 2.75) is 19.5 Å². The Bertz CT molecular complexity index is 1160. The number of nitrogens with one attached hydrogen (secondary N) is 1. The Labute approximate surface area is 156 Å². The Morgan fingerprint density at radius 3 is 3.04 bits per heavy atom. The minimum atomic E-state index is -0.155. The summed E-state index contributed by atoms with van der Waals surface area (Å²) in [4.78, 5) is 33.7. The Morgan fingerprint density at radius 2 is 2.15 bits per heavy atom. The quantitative estimate of drug-likeness (QED) is 0.570. The predicted octanol–water partition coefficient (Wildman–Crippen LogP) is 2.47. The zero-order chi connectivity index (χ0) is 18.1. The van der Waals surface area contributed by atoms with Crippen molar-refractivity contribution in [3.63, 3.8) is 0 Å². The molecule has 0 atom stereocenters. The molecule has 4 aromatic rings. The molecule has 4 aromatic heterocycles. The number of carbonyl (C=O) groups is 1. The van der Waals surface area contributed by atoms with Gasteiger partial charge in [-0.05, 0) is 23.6 Å². The van der Waals surface area contributed by atoms with E-state index in [2.05, 4.69) is 15.3 Å². The van der Waals surface area contributed by atoms with Crippen LogP contribution in [-0.4, -0.2) is 24.8 Å². The molecule has 132 valence electrons. The van der Waals surface area contributed by atoms with Crippen LogP contribution < -0.4 is 10.9 Å². The summed E-state index contributed by atoms with van der Waals surface area (Å²) in [7, 11) is 0. The standard InChI is InChI=1S/C17H14ClN5O2S/c18-11-1-2-14-21-12(9-23(14)8-11)7-19-15(24)3-5-22-10-20-16-13(17(22)25)4-6-26-16/h1-2,4,6,8-10H,3,5,7H2,(H,19,24). The third-order valence-corrected chi connectivity index (χ3v) is 5.01. The first-order valence-corrected chi connectivity index (χ1v) is 9.18. The largest absolute Gasteiger partial charge is 0.350 e. The smallest absolute Gasteiger partial charge is 0.262 e. The summed E-state index contributed by atoms with van der Waals surface area (Å²) in [6.07, 6.45) is 5.26. The SMILES string of the molecule is O=C(CCn1cnc2sccc2c1=O)NCc1cn2cc(Cl)ccc2n1. The lowest BCUT2D eigenvalue weighted by molar-refractivity contribution is -0.121. The van der Waals surface area contributed by atoms with Crippen molar-refractivity contribution in [1.29, 1.82) is 0 Å². The van der Waals surface area contributed by atoms with Crippen LogP contribution in [0.4, 0.5) is 0 Å². The summed E-state index contributed by atoms with van der Waals surface area (Å²) < 4.78 is 3.27. The minimum absolute atomic E-state index is 0.124. The second-order valence-electron chi connectivity index (χ2n) is 5.75. The molecule has 0 fully saturated rings. The molecule has 0 aliphatic carbocycles. The molecule has 0 spiro atoms. The predicted molar refractivity (Wildman–Crippen MR) is 101 cm³/mol. The number of halogens is 1. The summed E-state index contributed by atoms with van der Waals surface area (Å²) in [6, 6.07) is 5.33. The maximum absolute atomic E-state index is 12.3. The van der Waals surface area contributed by atoms with Gasteiger partial charge in [0.15, 0.2) is 0 Å². The number of carbonyl (C=O) groups excluding carboxylic acids is 1. The van der Waals surface area contributed by atoms with Crippen molar-refractivity contribution in [3.8, 4) is 0 Å². The van der Waals surface area contributed by atoms with Crippen molar-refractivity contribution in [1.82, 2.24) is 24.3 Å². The van der Waals surface area contributed by atoms with E-state index in [0.717, 1.165) is 11.3 Å². The number of aromatic nitrogens is 4. The molecular formula is C17H14ClN5O2S. The third-order valence-electron chi connectivity index (χ3n) is 3.96. The van der Waals surface area contributed by atoms with E-state index in [1.54, 1.807) is 18.3 Å². The second-order valence-corrected chi connectivity index (χ2v) is 7.09. The molecule has 4 heterocycles. The van der Waals surface area contributed by atoms with Crippen LogP contribution in [0.25, 0.3) is 15.9 Å². The van der Waals surface area contributed by atoms with Crippen molar-refractivity contribution >= 4 is 44.7 Å². The zero-order valence-electron chi connectivity index (χ0n) is 13.6. The van der Waals surface area contributed by atoms with E-state index in [4.69, 9.17) is 11.6 Å². The lowest BCUT2D eigenvalue weighted by atomic mass is 10.3. The zero-order valence-corrected chi connectivity index (χ0v) is 15.1. The van der Waals surface area contributed by atoms with Gasteiger partial charge in [0.2, 0.25) is 5.91 Å². The number of aryl methyl sites for hydroxylation is 1. The highest BCUT2D eigenvalue weighted by atomic mass is 35.5. The Morgan fingerprint density at radius 1 is 1.27 bits per heavy atom. The maximum Gasteiger partial charge on any atom is 0.262 e. The average molecular weight is 388 g/mol. The Hall–Kier alpha value is -2.71. The van der Waals surface area contributed by atoms with Crippen LogP contribution >= 0.6 is 22.9 Å². The van der Waals surface area contributed by atoms with Crippen molar-refractivity contribution < 1.29 is 4.79 Å². The first kappa shape index (κ1) is 16.7. The number of hydrogen-bond donors (Lipinski definition) is 1. The van der Waals surface area contributed by atoms with E-state index >= 15 is 0 Å². The van der Waals surface area contributed by atoms with E-state index in [-0.39, 0.29) is 24.4 Å². The first-order chi connectivity index (χ1) is 12.6. The fourth-order valence-electron chi connectivity index (χ4n) is 2.65. The van der Waals surface area contributed by atoms with Gasteiger partial charge in [0.05, 0.1) is 29.0 Å². The fourth-order valence-corrected chi connectivity index (χ4v) is 3.55. The normalized spacial score (nSPS) is 11.3. The van der Waals surface area contributed by atoms with E-state index in [9.17, 15) is 9.59 Å². The van der Waals surface area contributed by atoms with Gasteiger partial charge in [-0.25, -0.2) is 9.97 Å². The van der Waals surface area contributed by atoms with Gasteiger partial charge in [0, 0.05) is 25.4 Å². The number of nitrogens with zero attached hydrogens (tertiary/aromatic N) is 4. The number of pyridine rings is 1. The lowest BCUT2D eigenvalue weighted by Crippen LogP contribution is -2.27. The molecule has 0 bridgehead atoms. The van der Waals surface area contributed by atoms with Gasteiger partial charge in [-0.1, -0.05) is 11.6 Å². The van der Waals surface area contributed by atoms with Gasteiger partial charge < -0.3 is 9.72 Å². The van der Waals surface area contributed by atoms with Crippen molar-refractivity contribution in [2.24, 2.45) is 0 Å². The van der Waals surface area contributed by atoms with Gasteiger partial charge in [0.25, 0.3) is 5.56 Å². The molecule has 0 aromatic carbocycles. The molecule has 9 heteroatoms. The monoisotopic (exact) mass is 387 g/mol. The molecule has 0 radical (unpaired) electrons. The molecule has 1 N–H and O–H groups in total. The van der Waals surface area contributed by atoms with Crippen molar-refractivity contribution in [2.75, 3.05) is 0 Å².